The average molecular weight is 1240 g/mol. The Balaban J connectivity index is 0.000000211. The van der Waals surface area contributed by atoms with Gasteiger partial charge in [0.05, 0.1) is 38.6 Å². The van der Waals surface area contributed by atoms with E-state index in [0.29, 0.717) is 29.8 Å². The highest BCUT2D eigenvalue weighted by Gasteiger charge is 2.46. The van der Waals surface area contributed by atoms with Gasteiger partial charge in [-0.15, -0.1) is 0 Å². The summed E-state index contributed by atoms with van der Waals surface area (Å²) in [4.78, 5) is 17.3. The number of morpholine rings is 2. The molecule has 2 unspecified atom stereocenters. The third kappa shape index (κ3) is 15.2. The number of benzene rings is 4. The molecule has 6 aromatic rings. The molecule has 4 aliphatic rings. The fraction of sp³-hybridized carbons (Fsp3) is 0.462. The monoisotopic (exact) mass is 1240 g/mol. The molecule has 6 heterocycles. The van der Waals surface area contributed by atoms with Gasteiger partial charge >= 0.3 is 0 Å². The molecule has 10 N–H and O–H groups in total. The number of fused-ring (bicyclic) bond motifs is 2. The van der Waals surface area contributed by atoms with Crippen molar-refractivity contribution < 1.29 is 62.8 Å². The van der Waals surface area contributed by atoms with E-state index < -0.39 is 82.1 Å². The van der Waals surface area contributed by atoms with Gasteiger partial charge in [-0.2, -0.15) is 15.2 Å². The number of aromatic nitrogens is 2. The molecule has 1 amide bonds. The number of nitriles is 2. The standard InChI is InChI=1S/C33H41N5O6.C32H41N5O7S/c1-4-28-30(39)31(40)29(33(42)44-28)36-32(41)25(19-34)20(2)26-9-10-27(37(26)3)23-6-5-22-18-24(8-7-21(22)17-23)35-11-12-38-13-15-43-16-14-38;1-4-27-30(38)31(39)29(32(40)44-27)35-45(41,42)28(19-33)20(2)25-9-10-26(36(25)3)23-6-5-22-18-24(8-7-21(22)17-23)34-11-12-37-13-15-43-16-14-37/h5-10,17-18,28-31,33,35,39-40,42H,4,11-16H2,1-3H3,(H,36,41);5-10,17-18,27,29-32,34-35,38-40H,4,11-16H2,1-3H3/b25-20+;28-20+/t28-,29-,30-,31-,33?;27-,29-,30-,31-,32?/m11/s1. The third-order valence-electron chi connectivity index (χ3n) is 17.3. The molecule has 0 radical (unpaired) electrons. The van der Waals surface area contributed by atoms with Gasteiger partial charge < -0.3 is 74.7 Å². The van der Waals surface area contributed by atoms with Gasteiger partial charge in [0.2, 0.25) is 0 Å². The van der Waals surface area contributed by atoms with Crippen molar-refractivity contribution in [3.05, 3.63) is 119 Å². The van der Waals surface area contributed by atoms with Crippen molar-refractivity contribution in [1.82, 2.24) is 29.0 Å². The van der Waals surface area contributed by atoms with E-state index in [4.69, 9.17) is 18.9 Å². The molecule has 2 aromatic heterocycles. The van der Waals surface area contributed by atoms with E-state index in [1.54, 1.807) is 40.0 Å². The number of hydrogen-bond donors (Lipinski definition) is 10. The molecule has 0 aliphatic carbocycles. The molecule has 476 valence electrons. The molecule has 4 aliphatic heterocycles. The minimum absolute atomic E-state index is 0.170. The fourth-order valence-corrected chi connectivity index (χ4v) is 13.3. The highest BCUT2D eigenvalue weighted by Crippen LogP contribution is 2.34. The van der Waals surface area contributed by atoms with Crippen LogP contribution in [0, 0.1) is 22.7 Å². The first-order valence-electron chi connectivity index (χ1n) is 30.2. The van der Waals surface area contributed by atoms with Crippen molar-refractivity contribution in [3.8, 4) is 34.7 Å². The Labute approximate surface area is 519 Å². The lowest BCUT2D eigenvalue weighted by atomic mass is 9.95. The first-order valence-corrected chi connectivity index (χ1v) is 31.7. The van der Waals surface area contributed by atoms with Crippen LogP contribution in [0.2, 0.25) is 0 Å². The smallest absolute Gasteiger partial charge is 0.262 e. The van der Waals surface area contributed by atoms with Crippen LogP contribution in [0.5, 0.6) is 0 Å². The van der Waals surface area contributed by atoms with Crippen molar-refractivity contribution in [2.75, 3.05) is 89.4 Å². The van der Waals surface area contributed by atoms with Crippen molar-refractivity contribution in [1.29, 1.82) is 10.5 Å². The highest BCUT2D eigenvalue weighted by atomic mass is 32.2. The SMILES string of the molecule is CC[C@H]1OC(O)[C@H](NC(=O)/C(C#N)=C(\C)c2ccc(-c3ccc4cc(NCCN5CCOCC5)ccc4c3)n2C)[C@@H](O)[C@@H]1O.CC[C@H]1OC(O)[C@H](NS(=O)(=O)/C(C#N)=C(\C)c2ccc(-c3ccc4cc(NCCN5CCOCC5)ccc4c3)n2C)[C@@H](O)[C@@H]1O. The summed E-state index contributed by atoms with van der Waals surface area (Å²) in [7, 11) is -0.860. The lowest BCUT2D eigenvalue weighted by Crippen LogP contribution is -2.63. The lowest BCUT2D eigenvalue weighted by Gasteiger charge is -2.40. The van der Waals surface area contributed by atoms with Crippen molar-refractivity contribution >= 4 is 60.0 Å². The Morgan fingerprint density at radius 3 is 1.45 bits per heavy atom. The lowest BCUT2D eigenvalue weighted by molar-refractivity contribution is -0.247. The Morgan fingerprint density at radius 2 is 1.00 bits per heavy atom. The number of nitrogens with one attached hydrogen (secondary N) is 4. The third-order valence-corrected chi connectivity index (χ3v) is 18.8. The predicted octanol–water partition coefficient (Wildman–Crippen LogP) is 4.20. The molecule has 10 atom stereocenters. The van der Waals surface area contributed by atoms with Crippen LogP contribution in [0.3, 0.4) is 0 Å². The summed E-state index contributed by atoms with van der Waals surface area (Å²) < 4.78 is 54.0. The van der Waals surface area contributed by atoms with E-state index in [9.17, 15) is 54.4 Å². The van der Waals surface area contributed by atoms with Gasteiger partial charge in [-0.3, -0.25) is 14.6 Å². The topological polar surface area (TPSA) is 322 Å². The van der Waals surface area contributed by atoms with E-state index in [2.05, 4.69) is 91.1 Å². The first-order chi connectivity index (χ1) is 42.7. The zero-order valence-electron chi connectivity index (χ0n) is 51.0. The summed E-state index contributed by atoms with van der Waals surface area (Å²) in [5.41, 5.74) is 7.36. The van der Waals surface area contributed by atoms with Gasteiger partial charge in [-0.1, -0.05) is 50.2 Å². The number of ether oxygens (including phenoxy) is 4. The molecule has 10 rings (SSSR count). The van der Waals surface area contributed by atoms with Crippen LogP contribution in [0.1, 0.15) is 51.9 Å². The van der Waals surface area contributed by atoms with Crippen LogP contribution in [-0.2, 0) is 47.9 Å². The van der Waals surface area contributed by atoms with Crippen LogP contribution in [-0.4, -0.2) is 204 Å². The quantitative estimate of drug-likeness (QED) is 0.0401. The largest absolute Gasteiger partial charge is 0.388 e. The molecule has 24 heteroatoms. The number of sulfonamides is 1. The maximum atomic E-state index is 13.3. The number of hydrogen-bond acceptors (Lipinski definition) is 19. The summed E-state index contributed by atoms with van der Waals surface area (Å²) in [6.07, 6.45) is -9.97. The molecule has 4 aromatic carbocycles. The number of anilines is 2. The zero-order valence-corrected chi connectivity index (χ0v) is 51.9. The van der Waals surface area contributed by atoms with Crippen LogP contribution < -0.4 is 20.7 Å². The van der Waals surface area contributed by atoms with Crippen molar-refractivity contribution in [2.24, 2.45) is 14.1 Å². The summed E-state index contributed by atoms with van der Waals surface area (Å²) >= 11 is 0. The van der Waals surface area contributed by atoms with Crippen LogP contribution >= 0.6 is 0 Å². The maximum Gasteiger partial charge on any atom is 0.262 e. The second kappa shape index (κ2) is 29.7. The van der Waals surface area contributed by atoms with E-state index in [1.807, 2.05) is 52.6 Å². The van der Waals surface area contributed by atoms with E-state index in [1.165, 1.54) is 6.92 Å². The van der Waals surface area contributed by atoms with E-state index in [-0.39, 0.29) is 11.1 Å². The average Bonchev–Trinajstić information content (AvgIpc) is 2.28. The van der Waals surface area contributed by atoms with Crippen molar-refractivity contribution in [2.45, 2.75) is 102 Å². The highest BCUT2D eigenvalue weighted by molar-refractivity contribution is 7.93. The summed E-state index contributed by atoms with van der Waals surface area (Å²) in [6, 6.07) is 33.2. The molecule has 89 heavy (non-hydrogen) atoms. The first kappa shape index (κ1) is 66.3. The number of carbonyl (C=O) groups is 1. The van der Waals surface area contributed by atoms with Gasteiger partial charge in [0.1, 0.15) is 54.2 Å². The number of carbonyl (C=O) groups excluding carboxylic acids is 1. The van der Waals surface area contributed by atoms with Gasteiger partial charge in [-0.25, -0.2) is 8.42 Å². The molecule has 23 nitrogen and oxygen atoms in total. The Morgan fingerprint density at radius 1 is 0.573 bits per heavy atom. The number of aliphatic hydroxyl groups is 6. The zero-order chi connectivity index (χ0) is 63.7. The van der Waals surface area contributed by atoms with Crippen LogP contribution in [0.4, 0.5) is 11.4 Å². The number of allylic oxidation sites excluding steroid dienone is 3. The summed E-state index contributed by atoms with van der Waals surface area (Å²) in [5, 5.41) is 96.0. The van der Waals surface area contributed by atoms with E-state index in [0.717, 1.165) is 134 Å². The molecule has 0 spiro atoms. The number of rotatable bonds is 19. The number of amides is 1. The second-order valence-electron chi connectivity index (χ2n) is 22.9. The maximum absolute atomic E-state index is 13.3. The summed E-state index contributed by atoms with van der Waals surface area (Å²) in [5.74, 6) is -0.776. The minimum Gasteiger partial charge on any atom is -0.388 e. The molecule has 0 saturated carbocycles. The molecule has 0 bridgehead atoms. The normalized spacial score (nSPS) is 25.0. The van der Waals surface area contributed by atoms with Gasteiger partial charge in [-0.05, 0) is 126 Å². The second-order valence-corrected chi connectivity index (χ2v) is 24.5. The fourth-order valence-electron chi connectivity index (χ4n) is 12.0. The van der Waals surface area contributed by atoms with Gasteiger partial charge in [0.25, 0.3) is 15.9 Å². The number of nitrogens with zero attached hydrogens (tertiary/aromatic N) is 6. The van der Waals surface area contributed by atoms with Crippen LogP contribution in [0.25, 0.3) is 55.2 Å². The molecule has 4 fully saturated rings. The van der Waals surface area contributed by atoms with Crippen LogP contribution in [0.15, 0.2) is 108 Å². The van der Waals surface area contributed by atoms with Gasteiger partial charge in [0.15, 0.2) is 17.5 Å². The molecule has 4 saturated heterocycles. The van der Waals surface area contributed by atoms with E-state index >= 15 is 0 Å². The van der Waals surface area contributed by atoms with Crippen molar-refractivity contribution in [3.63, 3.8) is 0 Å². The summed E-state index contributed by atoms with van der Waals surface area (Å²) in [6.45, 7) is 17.3. The predicted molar refractivity (Wildman–Crippen MR) is 339 cm³/mol. The minimum atomic E-state index is -4.52. The Hall–Kier alpha value is -7.08. The Kier molecular flexibility index (Phi) is 22.1. The molecular formula is C65H82N10O13S. The van der Waals surface area contributed by atoms with Gasteiger partial charge in [0, 0.05) is 106 Å². The molecular weight excluding hydrogens is 1160 g/mol. The Bertz CT molecular complexity index is 3730. The number of aliphatic hydroxyl groups excluding tert-OH is 6.